The van der Waals surface area contributed by atoms with Gasteiger partial charge in [0.1, 0.15) is 6.61 Å². The van der Waals surface area contributed by atoms with E-state index >= 15 is 0 Å². The van der Waals surface area contributed by atoms with E-state index < -0.39 is 0 Å². The Morgan fingerprint density at radius 3 is 2.13 bits per heavy atom. The number of carbonyl (C=O) groups is 1. The number of benzene rings is 1. The van der Waals surface area contributed by atoms with Crippen LogP contribution in [-0.2, 0) is 16.1 Å². The van der Waals surface area contributed by atoms with Crippen LogP contribution in [0.3, 0.4) is 0 Å². The van der Waals surface area contributed by atoms with Crippen molar-refractivity contribution < 1.29 is 9.53 Å². The van der Waals surface area contributed by atoms with Gasteiger partial charge in [-0.05, 0) is 5.56 Å². The lowest BCUT2D eigenvalue weighted by molar-refractivity contribution is -0.144. The Bertz CT molecular complexity index is 254. The Labute approximate surface area is 92.3 Å². The summed E-state index contributed by atoms with van der Waals surface area (Å²) in [7, 11) is 0. The summed E-state index contributed by atoms with van der Waals surface area (Å²) in [5.74, 6) is -0.154. The third kappa shape index (κ3) is 7.74. The molecular formula is C13H20O2. The molecule has 0 N–H and O–H groups in total. The highest BCUT2D eigenvalue weighted by Gasteiger charge is 1.97. The SMILES string of the molecule is CCC.CCC(=O)OCc1ccccc1. The third-order valence-corrected chi connectivity index (χ3v) is 1.53. The molecule has 2 heteroatoms. The minimum atomic E-state index is -0.154. The molecule has 1 aromatic carbocycles. The van der Waals surface area contributed by atoms with Crippen LogP contribution in [0.2, 0.25) is 0 Å². The predicted octanol–water partition coefficient (Wildman–Crippen LogP) is 3.56. The van der Waals surface area contributed by atoms with Crippen molar-refractivity contribution in [2.24, 2.45) is 0 Å². The zero-order valence-corrected chi connectivity index (χ0v) is 9.82. The largest absolute Gasteiger partial charge is 0.461 e. The van der Waals surface area contributed by atoms with Crippen LogP contribution in [0.15, 0.2) is 30.3 Å². The van der Waals surface area contributed by atoms with Gasteiger partial charge in [0.15, 0.2) is 0 Å². The van der Waals surface area contributed by atoms with Crippen LogP contribution in [0.4, 0.5) is 0 Å². The highest BCUT2D eigenvalue weighted by molar-refractivity contribution is 5.68. The number of rotatable bonds is 3. The van der Waals surface area contributed by atoms with Crippen LogP contribution in [0.5, 0.6) is 0 Å². The molecule has 0 aliphatic rings. The average molecular weight is 208 g/mol. The molecular weight excluding hydrogens is 188 g/mol. The average Bonchev–Trinajstić information content (AvgIpc) is 2.28. The van der Waals surface area contributed by atoms with Crippen LogP contribution in [-0.4, -0.2) is 5.97 Å². The summed E-state index contributed by atoms with van der Waals surface area (Å²) in [6.07, 6.45) is 1.69. The summed E-state index contributed by atoms with van der Waals surface area (Å²) in [5, 5.41) is 0. The summed E-state index contributed by atoms with van der Waals surface area (Å²) in [6, 6.07) is 9.65. The number of hydrogen-bond acceptors (Lipinski definition) is 2. The van der Waals surface area contributed by atoms with Crippen LogP contribution in [0.1, 0.15) is 39.2 Å². The van der Waals surface area contributed by atoms with Crippen molar-refractivity contribution >= 4 is 5.97 Å². The minimum Gasteiger partial charge on any atom is -0.461 e. The number of hydrogen-bond donors (Lipinski definition) is 0. The van der Waals surface area contributed by atoms with E-state index in [1.807, 2.05) is 30.3 Å². The molecule has 0 aliphatic carbocycles. The summed E-state index contributed by atoms with van der Waals surface area (Å²) >= 11 is 0. The number of esters is 1. The first kappa shape index (κ1) is 13.7. The maximum atomic E-state index is 10.8. The quantitative estimate of drug-likeness (QED) is 0.710. The fraction of sp³-hybridized carbons (Fsp3) is 0.462. The monoisotopic (exact) mass is 208 g/mol. The highest BCUT2D eigenvalue weighted by atomic mass is 16.5. The third-order valence-electron chi connectivity index (χ3n) is 1.53. The molecule has 0 amide bonds. The van der Waals surface area contributed by atoms with Crippen LogP contribution < -0.4 is 0 Å². The second-order valence-electron chi connectivity index (χ2n) is 3.21. The lowest BCUT2D eigenvalue weighted by Crippen LogP contribution is -2.01. The molecule has 2 nitrogen and oxygen atoms in total. The smallest absolute Gasteiger partial charge is 0.305 e. The molecule has 0 fully saturated rings. The maximum absolute atomic E-state index is 10.8. The summed E-state index contributed by atoms with van der Waals surface area (Å²) in [4.78, 5) is 10.8. The van der Waals surface area contributed by atoms with E-state index in [9.17, 15) is 4.79 Å². The first-order valence-corrected chi connectivity index (χ1v) is 5.44. The van der Waals surface area contributed by atoms with E-state index in [4.69, 9.17) is 4.74 Å². The fourth-order valence-electron chi connectivity index (χ4n) is 0.840. The van der Waals surface area contributed by atoms with Crippen molar-refractivity contribution in [3.05, 3.63) is 35.9 Å². The molecule has 0 atom stereocenters. The normalized spacial score (nSPS) is 8.73. The summed E-state index contributed by atoms with van der Waals surface area (Å²) < 4.78 is 4.94. The molecule has 0 saturated carbocycles. The van der Waals surface area contributed by atoms with Crippen molar-refractivity contribution in [1.29, 1.82) is 0 Å². The van der Waals surface area contributed by atoms with Crippen molar-refractivity contribution in [3.8, 4) is 0 Å². The van der Waals surface area contributed by atoms with E-state index in [0.717, 1.165) is 5.56 Å². The van der Waals surface area contributed by atoms with Gasteiger partial charge in [0.25, 0.3) is 0 Å². The molecule has 0 unspecified atom stereocenters. The topological polar surface area (TPSA) is 26.3 Å². The van der Waals surface area contributed by atoms with Gasteiger partial charge in [0, 0.05) is 6.42 Å². The Kier molecular flexibility index (Phi) is 8.44. The lowest BCUT2D eigenvalue weighted by atomic mass is 10.2. The van der Waals surface area contributed by atoms with E-state index in [-0.39, 0.29) is 5.97 Å². The molecule has 0 spiro atoms. The van der Waals surface area contributed by atoms with E-state index in [0.29, 0.717) is 13.0 Å². The molecule has 0 saturated heterocycles. The first-order chi connectivity index (χ1) is 7.24. The van der Waals surface area contributed by atoms with Gasteiger partial charge in [-0.25, -0.2) is 0 Å². The van der Waals surface area contributed by atoms with Crippen molar-refractivity contribution in [1.82, 2.24) is 0 Å². The zero-order chi connectivity index (χ0) is 11.5. The molecule has 0 radical (unpaired) electrons. The van der Waals surface area contributed by atoms with Crippen LogP contribution >= 0.6 is 0 Å². The van der Waals surface area contributed by atoms with Gasteiger partial charge < -0.3 is 4.74 Å². The second-order valence-corrected chi connectivity index (χ2v) is 3.21. The molecule has 1 aromatic rings. The molecule has 0 aromatic heterocycles. The minimum absolute atomic E-state index is 0.154. The molecule has 15 heavy (non-hydrogen) atoms. The van der Waals surface area contributed by atoms with Gasteiger partial charge in [0.2, 0.25) is 0 Å². The molecule has 84 valence electrons. The Balaban J connectivity index is 0.000000583. The second kappa shape index (κ2) is 9.25. The van der Waals surface area contributed by atoms with Gasteiger partial charge in [0.05, 0.1) is 0 Å². The van der Waals surface area contributed by atoms with Crippen LogP contribution in [0, 0.1) is 0 Å². The van der Waals surface area contributed by atoms with E-state index in [1.54, 1.807) is 6.92 Å². The first-order valence-electron chi connectivity index (χ1n) is 5.44. The summed E-state index contributed by atoms with van der Waals surface area (Å²) in [5.41, 5.74) is 1.03. The molecule has 0 bridgehead atoms. The van der Waals surface area contributed by atoms with Gasteiger partial charge in [-0.15, -0.1) is 0 Å². The van der Waals surface area contributed by atoms with Gasteiger partial charge in [-0.1, -0.05) is 57.5 Å². The lowest BCUT2D eigenvalue weighted by Gasteiger charge is -2.01. The zero-order valence-electron chi connectivity index (χ0n) is 9.82. The molecule has 1 rings (SSSR count). The maximum Gasteiger partial charge on any atom is 0.305 e. The molecule has 0 aliphatic heterocycles. The number of carbonyl (C=O) groups excluding carboxylic acids is 1. The number of ether oxygens (including phenoxy) is 1. The van der Waals surface area contributed by atoms with Crippen molar-refractivity contribution in [2.45, 2.75) is 40.2 Å². The highest BCUT2D eigenvalue weighted by Crippen LogP contribution is 2.00. The fourth-order valence-corrected chi connectivity index (χ4v) is 0.840. The Hall–Kier alpha value is -1.31. The Morgan fingerprint density at radius 2 is 1.67 bits per heavy atom. The predicted molar refractivity (Wildman–Crippen MR) is 62.5 cm³/mol. The molecule has 0 heterocycles. The van der Waals surface area contributed by atoms with Gasteiger partial charge >= 0.3 is 5.97 Å². The van der Waals surface area contributed by atoms with Crippen molar-refractivity contribution in [2.75, 3.05) is 0 Å². The van der Waals surface area contributed by atoms with Crippen molar-refractivity contribution in [3.63, 3.8) is 0 Å². The standard InChI is InChI=1S/C10H12O2.C3H8/c1-2-10(11)12-8-9-6-4-3-5-7-9;1-3-2/h3-7H,2,8H2,1H3;3H2,1-2H3. The summed E-state index contributed by atoms with van der Waals surface area (Å²) in [6.45, 7) is 6.42. The Morgan fingerprint density at radius 1 is 1.13 bits per heavy atom. The van der Waals surface area contributed by atoms with Crippen LogP contribution in [0.25, 0.3) is 0 Å². The van der Waals surface area contributed by atoms with E-state index in [1.165, 1.54) is 6.42 Å². The van der Waals surface area contributed by atoms with Gasteiger partial charge in [-0.3, -0.25) is 4.79 Å². The van der Waals surface area contributed by atoms with E-state index in [2.05, 4.69) is 13.8 Å². The van der Waals surface area contributed by atoms with Gasteiger partial charge in [-0.2, -0.15) is 0 Å².